The standard InChI is InChI=1S/C20H22BClN2O4/c1-11(2)17(10-25)24-19(26)12-4-7-18(28-3)14(8-12)20(27)23-16-6-5-13(21)9-15(16)22/h4-9,11,17,25H,10H2,1-3H3,(H,23,27)(H,24,26)/t17-/m1/s1. The topological polar surface area (TPSA) is 87.7 Å². The predicted octanol–water partition coefficient (Wildman–Crippen LogP) is 2.14. The van der Waals surface area contributed by atoms with Crippen molar-refractivity contribution >= 4 is 42.4 Å². The first-order chi connectivity index (χ1) is 13.3. The lowest BCUT2D eigenvalue weighted by Crippen LogP contribution is -2.41. The molecule has 0 aliphatic carbocycles. The smallest absolute Gasteiger partial charge is 0.259 e. The molecule has 0 bridgehead atoms. The molecule has 0 spiro atoms. The Balaban J connectivity index is 2.28. The Bertz CT molecular complexity index is 873. The summed E-state index contributed by atoms with van der Waals surface area (Å²) in [5.74, 6) is -0.512. The zero-order valence-electron chi connectivity index (χ0n) is 16.0. The number of rotatable bonds is 7. The molecule has 2 aromatic rings. The fourth-order valence-electron chi connectivity index (χ4n) is 2.52. The number of methoxy groups -OCH3 is 1. The van der Waals surface area contributed by atoms with Crippen molar-refractivity contribution in [2.24, 2.45) is 5.92 Å². The van der Waals surface area contributed by atoms with Gasteiger partial charge in [-0.05, 0) is 36.2 Å². The van der Waals surface area contributed by atoms with Crippen LogP contribution in [0, 0.1) is 5.92 Å². The number of benzene rings is 2. The van der Waals surface area contributed by atoms with E-state index in [2.05, 4.69) is 10.6 Å². The number of aliphatic hydroxyl groups excluding tert-OH is 1. The van der Waals surface area contributed by atoms with E-state index in [-0.39, 0.29) is 29.7 Å². The monoisotopic (exact) mass is 400 g/mol. The first-order valence-corrected chi connectivity index (χ1v) is 9.10. The number of hydrogen-bond donors (Lipinski definition) is 3. The zero-order chi connectivity index (χ0) is 20.8. The molecule has 0 saturated carbocycles. The van der Waals surface area contributed by atoms with Crippen molar-refractivity contribution in [2.45, 2.75) is 19.9 Å². The Hall–Kier alpha value is -2.51. The number of anilines is 1. The maximum Gasteiger partial charge on any atom is 0.259 e. The van der Waals surface area contributed by atoms with Crippen molar-refractivity contribution in [3.05, 3.63) is 52.5 Å². The summed E-state index contributed by atoms with van der Waals surface area (Å²) in [5.41, 5.74) is 1.31. The van der Waals surface area contributed by atoms with Gasteiger partial charge in [0, 0.05) is 5.56 Å². The van der Waals surface area contributed by atoms with Crippen LogP contribution in [-0.4, -0.2) is 44.5 Å². The van der Waals surface area contributed by atoms with Crippen LogP contribution < -0.4 is 20.8 Å². The number of aliphatic hydroxyl groups is 1. The van der Waals surface area contributed by atoms with Gasteiger partial charge in [-0.1, -0.05) is 37.0 Å². The van der Waals surface area contributed by atoms with Crippen LogP contribution in [-0.2, 0) is 0 Å². The minimum atomic E-state index is -0.485. The molecule has 0 fully saturated rings. The van der Waals surface area contributed by atoms with Crippen molar-refractivity contribution in [3.63, 3.8) is 0 Å². The summed E-state index contributed by atoms with van der Waals surface area (Å²) >= 11 is 6.11. The highest BCUT2D eigenvalue weighted by molar-refractivity contribution is 6.38. The van der Waals surface area contributed by atoms with Gasteiger partial charge in [0.25, 0.3) is 11.8 Å². The Morgan fingerprint density at radius 2 is 1.89 bits per heavy atom. The highest BCUT2D eigenvalue weighted by atomic mass is 35.5. The lowest BCUT2D eigenvalue weighted by Gasteiger charge is -2.20. The maximum absolute atomic E-state index is 12.7. The number of hydrogen-bond acceptors (Lipinski definition) is 4. The normalized spacial score (nSPS) is 11.8. The molecule has 2 radical (unpaired) electrons. The molecule has 146 valence electrons. The quantitative estimate of drug-likeness (QED) is 0.621. The van der Waals surface area contributed by atoms with Gasteiger partial charge in [0.05, 0.1) is 36.0 Å². The molecule has 28 heavy (non-hydrogen) atoms. The summed E-state index contributed by atoms with van der Waals surface area (Å²) in [6.45, 7) is 3.61. The van der Waals surface area contributed by atoms with E-state index in [1.54, 1.807) is 18.2 Å². The van der Waals surface area contributed by atoms with Crippen LogP contribution in [0.25, 0.3) is 0 Å². The first-order valence-electron chi connectivity index (χ1n) is 8.73. The average molecular weight is 401 g/mol. The third kappa shape index (κ3) is 5.27. The molecule has 3 N–H and O–H groups in total. The number of halogens is 1. The SMILES string of the molecule is [B]c1ccc(NC(=O)c2cc(C(=O)N[C@H](CO)C(C)C)ccc2OC)c(Cl)c1. The van der Waals surface area contributed by atoms with E-state index in [1.165, 1.54) is 25.3 Å². The van der Waals surface area contributed by atoms with Gasteiger partial charge < -0.3 is 20.5 Å². The summed E-state index contributed by atoms with van der Waals surface area (Å²) in [7, 11) is 7.09. The van der Waals surface area contributed by atoms with Gasteiger partial charge in [0.1, 0.15) is 13.6 Å². The van der Waals surface area contributed by atoms with Crippen molar-refractivity contribution in [1.82, 2.24) is 5.32 Å². The van der Waals surface area contributed by atoms with E-state index < -0.39 is 11.8 Å². The molecule has 1 atom stereocenters. The third-order valence-electron chi connectivity index (χ3n) is 4.27. The predicted molar refractivity (Wildman–Crippen MR) is 111 cm³/mol. The van der Waals surface area contributed by atoms with Gasteiger partial charge in [0.15, 0.2) is 0 Å². The van der Waals surface area contributed by atoms with E-state index in [4.69, 9.17) is 24.2 Å². The largest absolute Gasteiger partial charge is 0.496 e. The lowest BCUT2D eigenvalue weighted by molar-refractivity contribution is 0.0897. The summed E-state index contributed by atoms with van der Waals surface area (Å²) < 4.78 is 5.24. The van der Waals surface area contributed by atoms with Crippen LogP contribution in [0.2, 0.25) is 5.02 Å². The van der Waals surface area contributed by atoms with Crippen LogP contribution in [0.4, 0.5) is 5.69 Å². The van der Waals surface area contributed by atoms with Crippen LogP contribution in [0.15, 0.2) is 36.4 Å². The van der Waals surface area contributed by atoms with Gasteiger partial charge in [-0.3, -0.25) is 9.59 Å². The summed E-state index contributed by atoms with van der Waals surface area (Å²) in [5, 5.41) is 15.1. The van der Waals surface area contributed by atoms with Gasteiger partial charge in [-0.2, -0.15) is 0 Å². The molecule has 8 heteroatoms. The second-order valence-corrected chi connectivity index (χ2v) is 7.02. The number of carbonyl (C=O) groups excluding carboxylic acids is 2. The molecule has 0 unspecified atom stereocenters. The van der Waals surface area contributed by atoms with Gasteiger partial charge in [0.2, 0.25) is 0 Å². The summed E-state index contributed by atoms with van der Waals surface area (Å²) in [4.78, 5) is 25.3. The van der Waals surface area contributed by atoms with Gasteiger partial charge in [-0.25, -0.2) is 0 Å². The van der Waals surface area contributed by atoms with Crippen molar-refractivity contribution in [2.75, 3.05) is 19.0 Å². The van der Waals surface area contributed by atoms with E-state index >= 15 is 0 Å². The number of amides is 2. The molecule has 0 aliphatic rings. The first kappa shape index (κ1) is 21.8. The fourth-order valence-corrected chi connectivity index (χ4v) is 2.76. The molecule has 0 aromatic heterocycles. The average Bonchev–Trinajstić information content (AvgIpc) is 2.67. The summed E-state index contributed by atoms with van der Waals surface area (Å²) in [6.07, 6.45) is 0. The highest BCUT2D eigenvalue weighted by Gasteiger charge is 2.20. The molecule has 2 aromatic carbocycles. The van der Waals surface area contributed by atoms with Crippen molar-refractivity contribution in [3.8, 4) is 5.75 Å². The van der Waals surface area contributed by atoms with E-state index in [0.29, 0.717) is 21.9 Å². The van der Waals surface area contributed by atoms with Crippen LogP contribution in [0.3, 0.4) is 0 Å². The molecule has 2 rings (SSSR count). The molecule has 0 heterocycles. The Morgan fingerprint density at radius 1 is 1.18 bits per heavy atom. The number of carbonyl (C=O) groups is 2. The lowest BCUT2D eigenvalue weighted by atomic mass is 9.96. The van der Waals surface area contributed by atoms with E-state index in [1.807, 2.05) is 13.8 Å². The van der Waals surface area contributed by atoms with Gasteiger partial charge in [-0.15, -0.1) is 0 Å². The van der Waals surface area contributed by atoms with E-state index in [9.17, 15) is 14.7 Å². The molecular formula is C20H22BClN2O4. The molecule has 6 nitrogen and oxygen atoms in total. The Labute approximate surface area is 170 Å². The molecule has 0 aliphatic heterocycles. The second-order valence-electron chi connectivity index (χ2n) is 6.62. The minimum Gasteiger partial charge on any atom is -0.496 e. The minimum absolute atomic E-state index is 0.0580. The fraction of sp³-hybridized carbons (Fsp3) is 0.300. The zero-order valence-corrected chi connectivity index (χ0v) is 16.7. The maximum atomic E-state index is 12.7. The number of nitrogens with one attached hydrogen (secondary N) is 2. The van der Waals surface area contributed by atoms with Crippen LogP contribution in [0.5, 0.6) is 5.75 Å². The highest BCUT2D eigenvalue weighted by Crippen LogP contribution is 2.24. The second kappa shape index (κ2) is 9.62. The van der Waals surface area contributed by atoms with Crippen molar-refractivity contribution in [1.29, 1.82) is 0 Å². The van der Waals surface area contributed by atoms with Crippen molar-refractivity contribution < 1.29 is 19.4 Å². The summed E-state index contributed by atoms with van der Waals surface area (Å²) in [6, 6.07) is 8.87. The number of ether oxygens (including phenoxy) is 1. The molecular weight excluding hydrogens is 378 g/mol. The van der Waals surface area contributed by atoms with Crippen LogP contribution >= 0.6 is 11.6 Å². The molecule has 0 saturated heterocycles. The third-order valence-corrected chi connectivity index (χ3v) is 4.58. The Morgan fingerprint density at radius 3 is 2.46 bits per heavy atom. The van der Waals surface area contributed by atoms with Crippen LogP contribution in [0.1, 0.15) is 34.6 Å². The van der Waals surface area contributed by atoms with E-state index in [0.717, 1.165) is 0 Å². The molecule has 2 amide bonds. The Kier molecular flexibility index (Phi) is 7.49. The van der Waals surface area contributed by atoms with Gasteiger partial charge >= 0.3 is 0 Å².